The van der Waals surface area contributed by atoms with Crippen LogP contribution in [0.25, 0.3) is 0 Å². The van der Waals surface area contributed by atoms with E-state index in [2.05, 4.69) is 4.72 Å². The fourth-order valence-electron chi connectivity index (χ4n) is 1.51. The first-order valence-electron chi connectivity index (χ1n) is 6.14. The van der Waals surface area contributed by atoms with Gasteiger partial charge in [0, 0.05) is 0 Å². The average Bonchev–Trinajstić information content (AvgIpc) is 2.36. The summed E-state index contributed by atoms with van der Waals surface area (Å²) in [5.41, 5.74) is -1.30. The Morgan fingerprint density at radius 2 is 1.95 bits per heavy atom. The molecule has 1 aromatic carbocycles. The summed E-state index contributed by atoms with van der Waals surface area (Å²) in [6, 6.07) is 3.54. The Bertz CT molecular complexity index is 636. The summed E-state index contributed by atoms with van der Waals surface area (Å²) in [5.74, 6) is -1.22. The zero-order chi connectivity index (χ0) is 16.4. The van der Waals surface area contributed by atoms with Crippen LogP contribution in [0.5, 0.6) is 5.75 Å². The predicted octanol–water partition coefficient (Wildman–Crippen LogP) is 0.831. The van der Waals surface area contributed by atoms with E-state index in [0.29, 0.717) is 0 Å². The van der Waals surface area contributed by atoms with Gasteiger partial charge in [0.15, 0.2) is 0 Å². The van der Waals surface area contributed by atoms with E-state index >= 15 is 0 Å². The SMILES string of the molecule is COc1ccc(C(=O)O)cc1S(=O)(=O)NC(C)(C)C(C)O. The summed E-state index contributed by atoms with van der Waals surface area (Å²) < 4.78 is 32.1. The van der Waals surface area contributed by atoms with E-state index in [0.717, 1.165) is 6.07 Å². The summed E-state index contributed by atoms with van der Waals surface area (Å²) >= 11 is 0. The van der Waals surface area contributed by atoms with Gasteiger partial charge in [-0.05, 0) is 39.0 Å². The van der Waals surface area contributed by atoms with E-state index in [1.807, 2.05) is 0 Å². The molecule has 0 amide bonds. The number of ether oxygens (including phenoxy) is 1. The van der Waals surface area contributed by atoms with Crippen LogP contribution in [0, 0.1) is 0 Å². The van der Waals surface area contributed by atoms with E-state index in [1.54, 1.807) is 0 Å². The Kier molecular flexibility index (Phi) is 4.98. The highest BCUT2D eigenvalue weighted by Crippen LogP contribution is 2.26. The molecule has 0 spiro atoms. The fraction of sp³-hybridized carbons (Fsp3) is 0.462. The smallest absolute Gasteiger partial charge is 0.335 e. The number of carbonyl (C=O) groups is 1. The van der Waals surface area contributed by atoms with Gasteiger partial charge < -0.3 is 14.9 Å². The van der Waals surface area contributed by atoms with Crippen LogP contribution < -0.4 is 9.46 Å². The molecule has 21 heavy (non-hydrogen) atoms. The van der Waals surface area contributed by atoms with Gasteiger partial charge in [-0.2, -0.15) is 0 Å². The van der Waals surface area contributed by atoms with Crippen LogP contribution in [0.3, 0.4) is 0 Å². The van der Waals surface area contributed by atoms with Crippen LogP contribution in [0.2, 0.25) is 0 Å². The van der Waals surface area contributed by atoms with Gasteiger partial charge in [0.25, 0.3) is 0 Å². The van der Waals surface area contributed by atoms with E-state index in [4.69, 9.17) is 9.84 Å². The van der Waals surface area contributed by atoms with Crippen molar-refractivity contribution in [1.82, 2.24) is 4.72 Å². The zero-order valence-electron chi connectivity index (χ0n) is 12.2. The van der Waals surface area contributed by atoms with Crippen molar-refractivity contribution in [1.29, 1.82) is 0 Å². The van der Waals surface area contributed by atoms with Crippen LogP contribution in [0.15, 0.2) is 23.1 Å². The molecular weight excluding hydrogens is 298 g/mol. The van der Waals surface area contributed by atoms with Gasteiger partial charge in [0.1, 0.15) is 10.6 Å². The molecule has 0 saturated heterocycles. The van der Waals surface area contributed by atoms with E-state index in [9.17, 15) is 18.3 Å². The second-order valence-corrected chi connectivity index (χ2v) is 6.82. The van der Waals surface area contributed by atoms with Crippen molar-refractivity contribution >= 4 is 16.0 Å². The third kappa shape index (κ3) is 3.93. The van der Waals surface area contributed by atoms with Crippen LogP contribution in [-0.2, 0) is 10.0 Å². The number of hydrogen-bond donors (Lipinski definition) is 3. The number of carboxylic acid groups (broad SMARTS) is 1. The summed E-state index contributed by atoms with van der Waals surface area (Å²) in [4.78, 5) is 10.7. The summed E-state index contributed by atoms with van der Waals surface area (Å²) in [6.07, 6.45) is -0.944. The highest BCUT2D eigenvalue weighted by molar-refractivity contribution is 7.89. The fourth-order valence-corrected chi connectivity index (χ4v) is 3.18. The molecule has 1 unspecified atom stereocenters. The minimum Gasteiger partial charge on any atom is -0.495 e. The van der Waals surface area contributed by atoms with Crippen LogP contribution >= 0.6 is 0 Å². The topological polar surface area (TPSA) is 113 Å². The number of benzene rings is 1. The maximum atomic E-state index is 12.4. The Balaban J connectivity index is 3.36. The lowest BCUT2D eigenvalue weighted by atomic mass is 10.0. The van der Waals surface area contributed by atoms with Gasteiger partial charge in [-0.15, -0.1) is 0 Å². The van der Waals surface area contributed by atoms with Crippen molar-refractivity contribution in [3.8, 4) is 5.75 Å². The Morgan fingerprint density at radius 1 is 1.38 bits per heavy atom. The minimum absolute atomic E-state index is 0.0221. The molecule has 0 fully saturated rings. The Hall–Kier alpha value is -1.64. The molecule has 1 atom stereocenters. The highest BCUT2D eigenvalue weighted by Gasteiger charge is 2.32. The molecule has 0 radical (unpaired) electrons. The van der Waals surface area contributed by atoms with Crippen molar-refractivity contribution in [2.24, 2.45) is 0 Å². The highest BCUT2D eigenvalue weighted by atomic mass is 32.2. The first kappa shape index (κ1) is 17.4. The van der Waals surface area contributed by atoms with Crippen LogP contribution in [0.4, 0.5) is 0 Å². The van der Waals surface area contributed by atoms with Crippen molar-refractivity contribution in [2.75, 3.05) is 7.11 Å². The van der Waals surface area contributed by atoms with Gasteiger partial charge in [-0.3, -0.25) is 0 Å². The summed E-state index contributed by atoms with van der Waals surface area (Å²) in [6.45, 7) is 4.49. The van der Waals surface area contributed by atoms with E-state index < -0.39 is 27.6 Å². The number of methoxy groups -OCH3 is 1. The number of carboxylic acids is 1. The van der Waals surface area contributed by atoms with Crippen LogP contribution in [-0.4, -0.2) is 43.4 Å². The first-order chi connectivity index (χ1) is 9.51. The summed E-state index contributed by atoms with van der Waals surface area (Å²) in [5, 5.41) is 18.6. The van der Waals surface area contributed by atoms with Gasteiger partial charge in [0.05, 0.1) is 24.3 Å². The van der Waals surface area contributed by atoms with Crippen molar-refractivity contribution in [3.63, 3.8) is 0 Å². The van der Waals surface area contributed by atoms with E-state index in [1.165, 1.54) is 40.0 Å². The average molecular weight is 317 g/mol. The molecule has 0 aliphatic carbocycles. The number of hydrogen-bond acceptors (Lipinski definition) is 5. The third-order valence-corrected chi connectivity index (χ3v) is 4.83. The standard InChI is InChI=1S/C13H19NO6S/c1-8(15)13(2,3)14-21(18,19)11-7-9(12(16)17)5-6-10(11)20-4/h5-8,14-15H,1-4H3,(H,16,17). The number of nitrogens with one attached hydrogen (secondary N) is 1. The second-order valence-electron chi connectivity index (χ2n) is 5.17. The molecule has 1 rings (SSSR count). The predicted molar refractivity (Wildman–Crippen MR) is 76.0 cm³/mol. The van der Waals surface area contributed by atoms with Gasteiger partial charge in [-0.1, -0.05) is 0 Å². The largest absolute Gasteiger partial charge is 0.495 e. The van der Waals surface area contributed by atoms with Gasteiger partial charge in [0.2, 0.25) is 10.0 Å². The quantitative estimate of drug-likeness (QED) is 0.716. The lowest BCUT2D eigenvalue weighted by molar-refractivity contribution is 0.0696. The lowest BCUT2D eigenvalue weighted by Gasteiger charge is -2.29. The molecule has 8 heteroatoms. The lowest BCUT2D eigenvalue weighted by Crippen LogP contribution is -2.50. The monoisotopic (exact) mass is 317 g/mol. The third-order valence-electron chi connectivity index (χ3n) is 3.14. The van der Waals surface area contributed by atoms with Crippen molar-refractivity contribution in [2.45, 2.75) is 37.3 Å². The molecule has 0 bridgehead atoms. The maximum absolute atomic E-state index is 12.4. The second kappa shape index (κ2) is 6.00. The summed E-state index contributed by atoms with van der Waals surface area (Å²) in [7, 11) is -2.77. The van der Waals surface area contributed by atoms with Crippen molar-refractivity contribution in [3.05, 3.63) is 23.8 Å². The number of aliphatic hydroxyl groups excluding tert-OH is 1. The molecule has 0 aliphatic heterocycles. The number of aromatic carboxylic acids is 1. The molecule has 0 aliphatic rings. The van der Waals surface area contributed by atoms with Crippen LogP contribution in [0.1, 0.15) is 31.1 Å². The normalized spacial score (nSPS) is 13.8. The zero-order valence-corrected chi connectivity index (χ0v) is 13.1. The Morgan fingerprint density at radius 3 is 2.38 bits per heavy atom. The van der Waals surface area contributed by atoms with E-state index in [-0.39, 0.29) is 16.2 Å². The molecule has 118 valence electrons. The molecule has 7 nitrogen and oxygen atoms in total. The van der Waals surface area contributed by atoms with Gasteiger partial charge in [-0.25, -0.2) is 17.9 Å². The molecule has 0 heterocycles. The number of aliphatic hydroxyl groups is 1. The Labute approximate surface area is 123 Å². The minimum atomic E-state index is -4.06. The molecule has 0 saturated carbocycles. The number of rotatable bonds is 6. The van der Waals surface area contributed by atoms with Gasteiger partial charge >= 0.3 is 5.97 Å². The number of sulfonamides is 1. The molecule has 1 aromatic rings. The maximum Gasteiger partial charge on any atom is 0.335 e. The first-order valence-corrected chi connectivity index (χ1v) is 7.63. The molecular formula is C13H19NO6S. The molecule has 0 aromatic heterocycles. The molecule has 3 N–H and O–H groups in total. The van der Waals surface area contributed by atoms with Crippen molar-refractivity contribution < 1.29 is 28.2 Å².